The second-order valence-electron chi connectivity index (χ2n) is 6.26. The molecule has 2 heterocycles. The molecule has 1 aliphatic carbocycles. The van der Waals surface area contributed by atoms with Gasteiger partial charge in [0.15, 0.2) is 0 Å². The minimum absolute atomic E-state index is 0.603. The maximum absolute atomic E-state index is 4.80. The quantitative estimate of drug-likeness (QED) is 0.915. The lowest BCUT2D eigenvalue weighted by Crippen LogP contribution is -2.30. The molecule has 0 spiro atoms. The van der Waals surface area contributed by atoms with Crippen molar-refractivity contribution >= 4 is 5.82 Å². The summed E-state index contributed by atoms with van der Waals surface area (Å²) in [5, 5.41) is 3.36. The third-order valence-electron chi connectivity index (χ3n) is 4.81. The van der Waals surface area contributed by atoms with Gasteiger partial charge < -0.3 is 10.2 Å². The third kappa shape index (κ3) is 3.29. The van der Waals surface area contributed by atoms with Gasteiger partial charge in [-0.05, 0) is 25.5 Å². The lowest BCUT2D eigenvalue weighted by atomic mass is 9.87. The van der Waals surface area contributed by atoms with Crippen LogP contribution < -0.4 is 10.2 Å². The van der Waals surface area contributed by atoms with Gasteiger partial charge in [-0.25, -0.2) is 9.97 Å². The van der Waals surface area contributed by atoms with E-state index in [1.165, 1.54) is 38.5 Å². The van der Waals surface area contributed by atoms with Crippen molar-refractivity contribution in [1.82, 2.24) is 15.3 Å². The van der Waals surface area contributed by atoms with Crippen LogP contribution in [-0.2, 0) is 6.42 Å². The van der Waals surface area contributed by atoms with Crippen LogP contribution in [0.15, 0.2) is 12.3 Å². The highest BCUT2D eigenvalue weighted by atomic mass is 15.2. The normalized spacial score (nSPS) is 24.2. The van der Waals surface area contributed by atoms with E-state index in [1.807, 2.05) is 13.2 Å². The van der Waals surface area contributed by atoms with Gasteiger partial charge in [0, 0.05) is 31.7 Å². The number of rotatable bonds is 4. The number of hydrogen-bond donors (Lipinski definition) is 1. The Bertz CT molecular complexity index is 428. The average Bonchev–Trinajstić information content (AvgIpc) is 2.98. The van der Waals surface area contributed by atoms with Crippen LogP contribution >= 0.6 is 0 Å². The topological polar surface area (TPSA) is 41.0 Å². The van der Waals surface area contributed by atoms with Gasteiger partial charge in [0.25, 0.3) is 0 Å². The Morgan fingerprint density at radius 3 is 2.85 bits per heavy atom. The molecule has 1 aromatic rings. The van der Waals surface area contributed by atoms with Gasteiger partial charge in [0.05, 0.1) is 0 Å². The Hall–Kier alpha value is -1.16. The van der Waals surface area contributed by atoms with Crippen molar-refractivity contribution in [2.45, 2.75) is 51.0 Å². The van der Waals surface area contributed by atoms with E-state index in [9.17, 15) is 0 Å². The minimum atomic E-state index is 0.603. The molecule has 4 nitrogen and oxygen atoms in total. The Morgan fingerprint density at radius 1 is 1.25 bits per heavy atom. The molecule has 4 heteroatoms. The molecule has 20 heavy (non-hydrogen) atoms. The Balaban J connectivity index is 1.63. The molecule has 2 fully saturated rings. The van der Waals surface area contributed by atoms with E-state index in [0.29, 0.717) is 6.04 Å². The summed E-state index contributed by atoms with van der Waals surface area (Å²) in [6, 6.07) is 2.66. The van der Waals surface area contributed by atoms with Crippen molar-refractivity contribution in [1.29, 1.82) is 0 Å². The molecule has 0 bridgehead atoms. The molecule has 1 N–H and O–H groups in total. The lowest BCUT2D eigenvalue weighted by Gasteiger charge is -2.22. The fraction of sp³-hybridized carbons (Fsp3) is 0.750. The smallest absolute Gasteiger partial charge is 0.132 e. The standard InChI is InChI=1S/C16H26N4/c1-17-14-8-10-20(12-14)16-7-9-18-15(19-16)11-13-5-3-2-4-6-13/h7,9,13-14,17H,2-6,8,10-12H2,1H3/t14-/m1/s1. The molecular formula is C16H26N4. The van der Waals surface area contributed by atoms with E-state index in [2.05, 4.69) is 21.3 Å². The van der Waals surface area contributed by atoms with Gasteiger partial charge in [0.1, 0.15) is 11.6 Å². The number of anilines is 1. The summed E-state index contributed by atoms with van der Waals surface area (Å²) in [7, 11) is 2.04. The summed E-state index contributed by atoms with van der Waals surface area (Å²) in [6.07, 6.45) is 11.1. The molecule has 110 valence electrons. The van der Waals surface area contributed by atoms with E-state index < -0.39 is 0 Å². The molecule has 1 saturated carbocycles. The summed E-state index contributed by atoms with van der Waals surface area (Å²) in [5.74, 6) is 2.97. The van der Waals surface area contributed by atoms with Gasteiger partial charge in [-0.3, -0.25) is 0 Å². The third-order valence-corrected chi connectivity index (χ3v) is 4.81. The molecule has 0 radical (unpaired) electrons. The molecule has 3 rings (SSSR count). The highest BCUT2D eigenvalue weighted by Crippen LogP contribution is 2.26. The molecule has 1 saturated heterocycles. The molecular weight excluding hydrogens is 248 g/mol. The first-order valence-electron chi connectivity index (χ1n) is 8.09. The average molecular weight is 274 g/mol. The fourth-order valence-electron chi connectivity index (χ4n) is 3.52. The number of nitrogens with zero attached hydrogens (tertiary/aromatic N) is 3. The zero-order chi connectivity index (χ0) is 13.8. The van der Waals surface area contributed by atoms with Crippen LogP contribution in [0.4, 0.5) is 5.82 Å². The summed E-state index contributed by atoms with van der Waals surface area (Å²) in [5.41, 5.74) is 0. The molecule has 0 unspecified atom stereocenters. The summed E-state index contributed by atoms with van der Waals surface area (Å²) >= 11 is 0. The maximum atomic E-state index is 4.80. The van der Waals surface area contributed by atoms with Crippen molar-refractivity contribution in [3.05, 3.63) is 18.1 Å². The van der Waals surface area contributed by atoms with Crippen molar-refractivity contribution < 1.29 is 0 Å². The van der Waals surface area contributed by atoms with Gasteiger partial charge in [-0.15, -0.1) is 0 Å². The first-order valence-corrected chi connectivity index (χ1v) is 8.09. The summed E-state index contributed by atoms with van der Waals surface area (Å²) in [4.78, 5) is 11.7. The number of likely N-dealkylation sites (N-methyl/N-ethyl adjacent to an activating group) is 1. The highest BCUT2D eigenvalue weighted by molar-refractivity contribution is 5.39. The van der Waals surface area contributed by atoms with Crippen LogP contribution in [0.1, 0.15) is 44.3 Å². The fourth-order valence-corrected chi connectivity index (χ4v) is 3.52. The Morgan fingerprint density at radius 2 is 2.10 bits per heavy atom. The maximum Gasteiger partial charge on any atom is 0.132 e. The number of hydrogen-bond acceptors (Lipinski definition) is 4. The van der Waals surface area contributed by atoms with Gasteiger partial charge in [0.2, 0.25) is 0 Å². The summed E-state index contributed by atoms with van der Waals surface area (Å²) < 4.78 is 0. The predicted octanol–water partition coefficient (Wildman–Crippen LogP) is 2.40. The first-order chi connectivity index (χ1) is 9.85. The van der Waals surface area contributed by atoms with Crippen molar-refractivity contribution in [2.75, 3.05) is 25.0 Å². The zero-order valence-electron chi connectivity index (χ0n) is 12.5. The minimum Gasteiger partial charge on any atom is -0.355 e. The zero-order valence-corrected chi connectivity index (χ0v) is 12.5. The molecule has 2 aliphatic rings. The SMILES string of the molecule is CN[C@@H]1CCN(c2ccnc(CC3CCCCC3)n2)C1. The van der Waals surface area contributed by atoms with Crippen molar-refractivity contribution in [3.8, 4) is 0 Å². The monoisotopic (exact) mass is 274 g/mol. The second kappa shape index (κ2) is 6.53. The van der Waals surface area contributed by atoms with Crippen molar-refractivity contribution in [3.63, 3.8) is 0 Å². The number of aromatic nitrogens is 2. The second-order valence-corrected chi connectivity index (χ2v) is 6.26. The van der Waals surface area contributed by atoms with Crippen molar-refractivity contribution in [2.24, 2.45) is 5.92 Å². The molecule has 1 atom stereocenters. The Kier molecular flexibility index (Phi) is 4.51. The van der Waals surface area contributed by atoms with E-state index in [4.69, 9.17) is 4.98 Å². The van der Waals surface area contributed by atoms with E-state index in [1.54, 1.807) is 0 Å². The van der Waals surface area contributed by atoms with Gasteiger partial charge in [-0.1, -0.05) is 32.1 Å². The van der Waals surface area contributed by atoms with Crippen LogP contribution in [0, 0.1) is 5.92 Å². The van der Waals surface area contributed by atoms with Gasteiger partial charge >= 0.3 is 0 Å². The summed E-state index contributed by atoms with van der Waals surface area (Å²) in [6.45, 7) is 2.17. The largest absolute Gasteiger partial charge is 0.355 e. The van der Waals surface area contributed by atoms with Crippen LogP contribution in [0.25, 0.3) is 0 Å². The number of nitrogens with one attached hydrogen (secondary N) is 1. The van der Waals surface area contributed by atoms with Crippen LogP contribution in [0.5, 0.6) is 0 Å². The highest BCUT2D eigenvalue weighted by Gasteiger charge is 2.22. The van der Waals surface area contributed by atoms with Crippen LogP contribution in [-0.4, -0.2) is 36.1 Å². The lowest BCUT2D eigenvalue weighted by molar-refractivity contribution is 0.351. The van der Waals surface area contributed by atoms with Crippen LogP contribution in [0.2, 0.25) is 0 Å². The molecule has 0 aromatic carbocycles. The van der Waals surface area contributed by atoms with E-state index in [-0.39, 0.29) is 0 Å². The molecule has 1 aromatic heterocycles. The van der Waals surface area contributed by atoms with E-state index in [0.717, 1.165) is 37.1 Å². The molecule has 1 aliphatic heterocycles. The first kappa shape index (κ1) is 13.8. The predicted molar refractivity (Wildman–Crippen MR) is 82.0 cm³/mol. The Labute approximate surface area is 122 Å². The van der Waals surface area contributed by atoms with Crippen LogP contribution in [0.3, 0.4) is 0 Å². The van der Waals surface area contributed by atoms with E-state index >= 15 is 0 Å². The van der Waals surface area contributed by atoms with Gasteiger partial charge in [-0.2, -0.15) is 0 Å². The molecule has 0 amide bonds.